The van der Waals surface area contributed by atoms with Crippen molar-refractivity contribution in [3.8, 4) is 0 Å². The van der Waals surface area contributed by atoms with Gasteiger partial charge in [-0.15, -0.1) is 0 Å². The maximum Gasteiger partial charge on any atom is 0.0852 e. The van der Waals surface area contributed by atoms with Gasteiger partial charge in [0, 0.05) is 13.0 Å². The fourth-order valence-corrected chi connectivity index (χ4v) is 1.56. The molecular formula is C9H19N2+. The van der Waals surface area contributed by atoms with E-state index >= 15 is 0 Å². The Morgan fingerprint density at radius 3 is 2.73 bits per heavy atom. The molecule has 11 heavy (non-hydrogen) atoms. The molecule has 0 bridgehead atoms. The van der Waals surface area contributed by atoms with Crippen LogP contribution < -0.4 is 5.32 Å². The predicted molar refractivity (Wildman–Crippen MR) is 47.3 cm³/mol. The molecule has 0 atom stereocenters. The highest BCUT2D eigenvalue weighted by molar-refractivity contribution is 4.65. The van der Waals surface area contributed by atoms with Crippen molar-refractivity contribution in [2.75, 3.05) is 26.2 Å². The van der Waals surface area contributed by atoms with Crippen molar-refractivity contribution >= 4 is 0 Å². The highest BCUT2D eigenvalue weighted by atomic mass is 15.1. The van der Waals surface area contributed by atoms with E-state index in [1.54, 1.807) is 0 Å². The van der Waals surface area contributed by atoms with Gasteiger partial charge >= 0.3 is 0 Å². The molecule has 0 amide bonds. The first kappa shape index (κ1) is 8.75. The molecule has 0 unspecified atom stereocenters. The van der Waals surface area contributed by atoms with E-state index < -0.39 is 0 Å². The van der Waals surface area contributed by atoms with Gasteiger partial charge in [0.05, 0.1) is 12.7 Å². The molecular weight excluding hydrogens is 136 g/mol. The molecule has 0 radical (unpaired) electrons. The molecule has 0 saturated carbocycles. The number of rotatable bonds is 5. The van der Waals surface area contributed by atoms with Gasteiger partial charge in [0.15, 0.2) is 0 Å². The van der Waals surface area contributed by atoms with Gasteiger partial charge in [0.2, 0.25) is 0 Å². The monoisotopic (exact) mass is 155 g/mol. The first-order chi connectivity index (χ1) is 5.43. The van der Waals surface area contributed by atoms with E-state index in [0.717, 1.165) is 0 Å². The van der Waals surface area contributed by atoms with Crippen LogP contribution >= 0.6 is 0 Å². The van der Waals surface area contributed by atoms with Gasteiger partial charge in [0.1, 0.15) is 0 Å². The van der Waals surface area contributed by atoms with Crippen LogP contribution in [0.4, 0.5) is 0 Å². The van der Waals surface area contributed by atoms with Gasteiger partial charge in [-0.1, -0.05) is 0 Å². The second kappa shape index (κ2) is 5.33. The van der Waals surface area contributed by atoms with Crippen molar-refractivity contribution < 1.29 is 5.32 Å². The van der Waals surface area contributed by atoms with E-state index in [1.807, 2.05) is 6.20 Å². The number of likely N-dealkylation sites (tertiary alicyclic amines) is 1. The maximum absolute atomic E-state index is 3.66. The zero-order valence-corrected chi connectivity index (χ0v) is 7.26. The van der Waals surface area contributed by atoms with Gasteiger partial charge in [0.25, 0.3) is 0 Å². The molecule has 0 spiro atoms. The summed E-state index contributed by atoms with van der Waals surface area (Å²) < 4.78 is 0. The van der Waals surface area contributed by atoms with Gasteiger partial charge in [-0.05, 0) is 32.5 Å². The molecule has 0 aromatic rings. The molecule has 1 aliphatic rings. The summed E-state index contributed by atoms with van der Waals surface area (Å²) >= 11 is 0. The summed E-state index contributed by atoms with van der Waals surface area (Å²) in [6, 6.07) is 0. The minimum absolute atomic E-state index is 1.19. The van der Waals surface area contributed by atoms with E-state index in [4.69, 9.17) is 0 Å². The molecule has 0 aromatic carbocycles. The molecule has 1 aliphatic heterocycles. The van der Waals surface area contributed by atoms with Crippen molar-refractivity contribution in [1.29, 1.82) is 0 Å². The van der Waals surface area contributed by atoms with Crippen LogP contribution in [0.2, 0.25) is 0 Å². The normalized spacial score (nSPS) is 18.9. The lowest BCUT2D eigenvalue weighted by molar-refractivity contribution is -0.587. The van der Waals surface area contributed by atoms with Gasteiger partial charge in [-0.2, -0.15) is 0 Å². The van der Waals surface area contributed by atoms with Gasteiger partial charge in [-0.25, -0.2) is 0 Å². The quantitative estimate of drug-likeness (QED) is 0.561. The molecule has 1 saturated heterocycles. The molecule has 1 heterocycles. The van der Waals surface area contributed by atoms with E-state index in [1.165, 1.54) is 45.4 Å². The smallest absolute Gasteiger partial charge is 0.0852 e. The lowest BCUT2D eigenvalue weighted by Gasteiger charge is -2.12. The Hall–Kier alpha value is -0.340. The van der Waals surface area contributed by atoms with Crippen molar-refractivity contribution in [1.82, 2.24) is 4.90 Å². The number of quaternary nitrogens is 1. The van der Waals surface area contributed by atoms with E-state index in [-0.39, 0.29) is 0 Å². The van der Waals surface area contributed by atoms with Gasteiger partial charge < -0.3 is 10.2 Å². The summed E-state index contributed by atoms with van der Waals surface area (Å²) in [7, 11) is 0. The molecule has 64 valence electrons. The standard InChI is InChI=1S/C9H18N2/c1-2-10-6-5-9-11-7-3-4-8-11/h2,10H,1,3-9H2/p+1. The average Bonchev–Trinajstić information content (AvgIpc) is 2.50. The lowest BCUT2D eigenvalue weighted by Crippen LogP contribution is -2.78. The Labute approximate surface area is 69.3 Å². The minimum atomic E-state index is 1.19. The molecule has 1 rings (SSSR count). The van der Waals surface area contributed by atoms with Crippen LogP contribution in [-0.2, 0) is 0 Å². The summed E-state index contributed by atoms with van der Waals surface area (Å²) in [4.78, 5) is 2.55. The number of hydrogen-bond acceptors (Lipinski definition) is 1. The van der Waals surface area contributed by atoms with E-state index in [0.29, 0.717) is 0 Å². The third-order valence-electron chi connectivity index (χ3n) is 2.21. The van der Waals surface area contributed by atoms with Crippen LogP contribution in [-0.4, -0.2) is 31.1 Å². The highest BCUT2D eigenvalue weighted by Gasteiger charge is 2.09. The topological polar surface area (TPSA) is 19.9 Å². The van der Waals surface area contributed by atoms with Crippen LogP contribution in [0.1, 0.15) is 19.3 Å². The fourth-order valence-electron chi connectivity index (χ4n) is 1.56. The van der Waals surface area contributed by atoms with Crippen molar-refractivity contribution in [2.24, 2.45) is 0 Å². The number of nitrogens with two attached hydrogens (primary N) is 1. The second-order valence-electron chi connectivity index (χ2n) is 3.16. The van der Waals surface area contributed by atoms with E-state index in [9.17, 15) is 0 Å². The molecule has 2 N–H and O–H groups in total. The largest absolute Gasteiger partial charge is 0.320 e. The summed E-state index contributed by atoms with van der Waals surface area (Å²) in [6.45, 7) is 8.79. The lowest BCUT2D eigenvalue weighted by atomic mass is 10.4. The predicted octanol–water partition coefficient (Wildman–Crippen LogP) is 0.179. The van der Waals surface area contributed by atoms with Crippen molar-refractivity contribution in [3.63, 3.8) is 0 Å². The van der Waals surface area contributed by atoms with Crippen LogP contribution in [0.5, 0.6) is 0 Å². The SMILES string of the molecule is C=C[NH2+]CCCN1CCCC1. The molecule has 2 nitrogen and oxygen atoms in total. The Morgan fingerprint density at radius 1 is 1.36 bits per heavy atom. The van der Waals surface area contributed by atoms with Crippen LogP contribution in [0.25, 0.3) is 0 Å². The summed E-state index contributed by atoms with van der Waals surface area (Å²) in [5.41, 5.74) is 0. The Bertz CT molecular complexity index is 106. The third-order valence-corrected chi connectivity index (χ3v) is 2.21. The maximum atomic E-state index is 3.66. The Balaban J connectivity index is 1.89. The average molecular weight is 155 g/mol. The first-order valence-electron chi connectivity index (χ1n) is 4.60. The third kappa shape index (κ3) is 3.54. The molecule has 1 fully saturated rings. The zero-order valence-electron chi connectivity index (χ0n) is 7.26. The van der Waals surface area contributed by atoms with Crippen LogP contribution in [0, 0.1) is 0 Å². The summed E-state index contributed by atoms with van der Waals surface area (Å²) in [5, 5.41) is 2.15. The number of nitrogens with zero attached hydrogens (tertiary/aromatic N) is 1. The molecule has 0 aliphatic carbocycles. The minimum Gasteiger partial charge on any atom is -0.320 e. The zero-order chi connectivity index (χ0) is 7.94. The fraction of sp³-hybridized carbons (Fsp3) is 0.778. The van der Waals surface area contributed by atoms with Crippen molar-refractivity contribution in [2.45, 2.75) is 19.3 Å². The second-order valence-corrected chi connectivity index (χ2v) is 3.16. The van der Waals surface area contributed by atoms with Crippen molar-refractivity contribution in [3.05, 3.63) is 12.8 Å². The molecule has 0 aromatic heterocycles. The van der Waals surface area contributed by atoms with E-state index in [2.05, 4.69) is 16.8 Å². The van der Waals surface area contributed by atoms with Crippen LogP contribution in [0.3, 0.4) is 0 Å². The number of hydrogen-bond donors (Lipinski definition) is 1. The molecule has 2 heteroatoms. The first-order valence-corrected chi connectivity index (χ1v) is 4.60. The van der Waals surface area contributed by atoms with Gasteiger partial charge in [-0.3, -0.25) is 0 Å². The summed E-state index contributed by atoms with van der Waals surface area (Å²) in [6.07, 6.45) is 6.01. The summed E-state index contributed by atoms with van der Waals surface area (Å²) in [5.74, 6) is 0. The van der Waals surface area contributed by atoms with Crippen LogP contribution in [0.15, 0.2) is 12.8 Å². The highest BCUT2D eigenvalue weighted by Crippen LogP contribution is 2.06. The Kier molecular flexibility index (Phi) is 4.24. The Morgan fingerprint density at radius 2 is 2.09 bits per heavy atom.